The molecule has 2 rings (SSSR count). The summed E-state index contributed by atoms with van der Waals surface area (Å²) in [6.45, 7) is 1.68. The zero-order chi connectivity index (χ0) is 13.7. The van der Waals surface area contributed by atoms with Gasteiger partial charge >= 0.3 is 0 Å². The Morgan fingerprint density at radius 2 is 2.05 bits per heavy atom. The molecule has 0 aromatic heterocycles. The molecule has 0 spiro atoms. The fraction of sp³-hybridized carbons (Fsp3) is 0.429. The SMILES string of the molecule is NCC1CCCN(S(=O)(=O)C=Cc2ccccc2)C1. The standard InChI is InChI=1S/C14H20N2O2S/c15-11-14-7-4-9-16(12-14)19(17,18)10-8-13-5-2-1-3-6-13/h1-3,5-6,8,10,14H,4,7,9,11-12,15H2. The smallest absolute Gasteiger partial charge is 0.236 e. The average Bonchev–Trinajstić information content (AvgIpc) is 2.46. The van der Waals surface area contributed by atoms with Gasteiger partial charge in [0, 0.05) is 18.5 Å². The minimum Gasteiger partial charge on any atom is -0.330 e. The van der Waals surface area contributed by atoms with Crippen LogP contribution in [0.4, 0.5) is 0 Å². The van der Waals surface area contributed by atoms with Crippen LogP contribution in [0.5, 0.6) is 0 Å². The molecule has 1 aliphatic heterocycles. The van der Waals surface area contributed by atoms with E-state index in [9.17, 15) is 8.42 Å². The average molecular weight is 280 g/mol. The first-order valence-corrected chi connectivity index (χ1v) is 8.05. The third kappa shape index (κ3) is 3.89. The zero-order valence-corrected chi connectivity index (χ0v) is 11.7. The van der Waals surface area contributed by atoms with E-state index in [-0.39, 0.29) is 5.92 Å². The number of hydrogen-bond donors (Lipinski definition) is 1. The summed E-state index contributed by atoms with van der Waals surface area (Å²) in [4.78, 5) is 0. The molecule has 1 saturated heterocycles. The minimum absolute atomic E-state index is 0.286. The van der Waals surface area contributed by atoms with E-state index in [0.29, 0.717) is 19.6 Å². The van der Waals surface area contributed by atoms with Gasteiger partial charge in [-0.1, -0.05) is 30.3 Å². The van der Waals surface area contributed by atoms with E-state index in [0.717, 1.165) is 18.4 Å². The summed E-state index contributed by atoms with van der Waals surface area (Å²) in [6.07, 6.45) is 3.55. The highest BCUT2D eigenvalue weighted by Crippen LogP contribution is 2.19. The summed E-state index contributed by atoms with van der Waals surface area (Å²) in [6, 6.07) is 9.44. The molecule has 5 heteroatoms. The monoisotopic (exact) mass is 280 g/mol. The summed E-state index contributed by atoms with van der Waals surface area (Å²) in [5.74, 6) is 0.286. The number of rotatable bonds is 4. The third-order valence-corrected chi connectivity index (χ3v) is 4.94. The van der Waals surface area contributed by atoms with Crippen molar-refractivity contribution in [1.82, 2.24) is 4.31 Å². The molecule has 1 aromatic rings. The van der Waals surface area contributed by atoms with E-state index in [1.807, 2.05) is 30.3 Å². The van der Waals surface area contributed by atoms with Gasteiger partial charge in [-0.05, 0) is 36.9 Å². The molecule has 0 saturated carbocycles. The summed E-state index contributed by atoms with van der Waals surface area (Å²) in [5.41, 5.74) is 6.52. The minimum atomic E-state index is -3.33. The lowest BCUT2D eigenvalue weighted by Crippen LogP contribution is -2.41. The van der Waals surface area contributed by atoms with Gasteiger partial charge in [-0.15, -0.1) is 0 Å². The molecule has 0 amide bonds. The van der Waals surface area contributed by atoms with Crippen LogP contribution in [-0.4, -0.2) is 32.4 Å². The Bertz CT molecular complexity index is 526. The lowest BCUT2D eigenvalue weighted by atomic mass is 10.0. The van der Waals surface area contributed by atoms with Gasteiger partial charge in [-0.25, -0.2) is 8.42 Å². The van der Waals surface area contributed by atoms with Gasteiger partial charge in [0.25, 0.3) is 0 Å². The Morgan fingerprint density at radius 3 is 2.74 bits per heavy atom. The summed E-state index contributed by atoms with van der Waals surface area (Å²) in [5, 5.41) is 1.29. The number of piperidine rings is 1. The highest BCUT2D eigenvalue weighted by molar-refractivity contribution is 7.92. The van der Waals surface area contributed by atoms with Crippen molar-refractivity contribution in [2.75, 3.05) is 19.6 Å². The maximum atomic E-state index is 12.2. The number of sulfonamides is 1. The quantitative estimate of drug-likeness (QED) is 0.912. The molecule has 19 heavy (non-hydrogen) atoms. The molecular formula is C14H20N2O2S. The third-order valence-electron chi connectivity index (χ3n) is 3.41. The van der Waals surface area contributed by atoms with Crippen LogP contribution in [0.25, 0.3) is 6.08 Å². The first kappa shape index (κ1) is 14.2. The lowest BCUT2D eigenvalue weighted by molar-refractivity contribution is 0.274. The first-order valence-electron chi connectivity index (χ1n) is 6.55. The van der Waals surface area contributed by atoms with Crippen LogP contribution in [0.1, 0.15) is 18.4 Å². The molecule has 1 aromatic carbocycles. The summed E-state index contributed by atoms with van der Waals surface area (Å²) >= 11 is 0. The van der Waals surface area contributed by atoms with Crippen LogP contribution in [0.3, 0.4) is 0 Å². The molecule has 1 atom stereocenters. The van der Waals surface area contributed by atoms with Gasteiger partial charge in [0.05, 0.1) is 0 Å². The van der Waals surface area contributed by atoms with Crippen molar-refractivity contribution >= 4 is 16.1 Å². The van der Waals surface area contributed by atoms with Crippen molar-refractivity contribution < 1.29 is 8.42 Å². The summed E-state index contributed by atoms with van der Waals surface area (Å²) < 4.78 is 26.0. The number of nitrogens with two attached hydrogens (primary N) is 1. The normalized spacial score (nSPS) is 21.8. The first-order chi connectivity index (χ1) is 9.12. The van der Waals surface area contributed by atoms with Gasteiger partial charge < -0.3 is 5.73 Å². The van der Waals surface area contributed by atoms with Crippen molar-refractivity contribution in [3.63, 3.8) is 0 Å². The van der Waals surface area contributed by atoms with Gasteiger partial charge in [0.2, 0.25) is 10.0 Å². The molecule has 4 nitrogen and oxygen atoms in total. The molecule has 0 aliphatic carbocycles. The molecule has 1 fully saturated rings. The topological polar surface area (TPSA) is 63.4 Å². The molecule has 1 heterocycles. The Balaban J connectivity index is 2.08. The molecule has 0 radical (unpaired) electrons. The van der Waals surface area contributed by atoms with Crippen molar-refractivity contribution in [1.29, 1.82) is 0 Å². The Morgan fingerprint density at radius 1 is 1.32 bits per heavy atom. The van der Waals surface area contributed by atoms with Gasteiger partial charge in [-0.3, -0.25) is 0 Å². The number of hydrogen-bond acceptors (Lipinski definition) is 3. The van der Waals surface area contributed by atoms with Crippen LogP contribution in [0.2, 0.25) is 0 Å². The van der Waals surface area contributed by atoms with Crippen molar-refractivity contribution in [3.8, 4) is 0 Å². The van der Waals surface area contributed by atoms with Crippen molar-refractivity contribution in [2.45, 2.75) is 12.8 Å². The second-order valence-electron chi connectivity index (χ2n) is 4.86. The molecular weight excluding hydrogens is 260 g/mol. The van der Waals surface area contributed by atoms with E-state index in [1.165, 1.54) is 9.71 Å². The van der Waals surface area contributed by atoms with Crippen molar-refractivity contribution in [3.05, 3.63) is 41.3 Å². The number of benzene rings is 1. The Labute approximate surface area is 115 Å². The van der Waals surface area contributed by atoms with E-state index in [1.54, 1.807) is 6.08 Å². The predicted octanol–water partition coefficient (Wildman–Crippen LogP) is 1.66. The second-order valence-corrected chi connectivity index (χ2v) is 6.68. The zero-order valence-electron chi connectivity index (χ0n) is 10.9. The van der Waals surface area contributed by atoms with E-state index in [4.69, 9.17) is 5.73 Å². The maximum Gasteiger partial charge on any atom is 0.236 e. The fourth-order valence-corrected chi connectivity index (χ4v) is 3.57. The van der Waals surface area contributed by atoms with E-state index >= 15 is 0 Å². The van der Waals surface area contributed by atoms with Gasteiger partial charge in [0.15, 0.2) is 0 Å². The molecule has 1 unspecified atom stereocenters. The van der Waals surface area contributed by atoms with Gasteiger partial charge in [-0.2, -0.15) is 4.31 Å². The largest absolute Gasteiger partial charge is 0.330 e. The molecule has 104 valence electrons. The number of nitrogens with zero attached hydrogens (tertiary/aromatic N) is 1. The molecule has 0 bridgehead atoms. The fourth-order valence-electron chi connectivity index (χ4n) is 2.27. The van der Waals surface area contributed by atoms with Crippen LogP contribution >= 0.6 is 0 Å². The van der Waals surface area contributed by atoms with Crippen LogP contribution < -0.4 is 5.73 Å². The predicted molar refractivity (Wildman–Crippen MR) is 77.7 cm³/mol. The Hall–Kier alpha value is -1.17. The van der Waals surface area contributed by atoms with Crippen LogP contribution in [0, 0.1) is 5.92 Å². The van der Waals surface area contributed by atoms with E-state index < -0.39 is 10.0 Å². The maximum absolute atomic E-state index is 12.2. The highest BCUT2D eigenvalue weighted by Gasteiger charge is 2.26. The Kier molecular flexibility index (Phi) is 4.74. The molecule has 2 N–H and O–H groups in total. The van der Waals surface area contributed by atoms with Crippen LogP contribution in [0.15, 0.2) is 35.7 Å². The van der Waals surface area contributed by atoms with Crippen molar-refractivity contribution in [2.24, 2.45) is 11.7 Å². The highest BCUT2D eigenvalue weighted by atomic mass is 32.2. The van der Waals surface area contributed by atoms with Gasteiger partial charge in [0.1, 0.15) is 0 Å². The molecule has 1 aliphatic rings. The van der Waals surface area contributed by atoms with E-state index in [2.05, 4.69) is 0 Å². The van der Waals surface area contributed by atoms with Crippen LogP contribution in [-0.2, 0) is 10.0 Å². The second kappa shape index (κ2) is 6.32. The lowest BCUT2D eigenvalue weighted by Gasteiger charge is -2.30. The summed E-state index contributed by atoms with van der Waals surface area (Å²) in [7, 11) is -3.33.